The number of pyridine rings is 1. The van der Waals surface area contributed by atoms with Crippen molar-refractivity contribution in [3.8, 4) is 0 Å². The standard InChI is InChI=1S/C15H15N.ClH/c1-2-7-14-10-6-11-16-15(14)12-13-8-4-3-5-9-13;/h2-6,8-11H,1,7,12H2;1H. The summed E-state index contributed by atoms with van der Waals surface area (Å²) in [7, 11) is 0. The highest BCUT2D eigenvalue weighted by Crippen LogP contribution is 2.12. The van der Waals surface area contributed by atoms with Crippen LogP contribution in [0, 0.1) is 0 Å². The van der Waals surface area contributed by atoms with Gasteiger partial charge in [-0.1, -0.05) is 42.5 Å². The van der Waals surface area contributed by atoms with Crippen molar-refractivity contribution < 1.29 is 0 Å². The molecule has 1 aromatic carbocycles. The lowest BCUT2D eigenvalue weighted by atomic mass is 10.0. The zero-order valence-corrected chi connectivity index (χ0v) is 10.5. The van der Waals surface area contributed by atoms with Crippen LogP contribution in [0.4, 0.5) is 0 Å². The molecule has 2 rings (SSSR count). The number of nitrogens with zero attached hydrogens (tertiary/aromatic N) is 1. The number of aromatic nitrogens is 1. The summed E-state index contributed by atoms with van der Waals surface area (Å²) in [5.74, 6) is 0. The maximum absolute atomic E-state index is 4.44. The van der Waals surface area contributed by atoms with Crippen LogP contribution in [0.25, 0.3) is 0 Å². The predicted octanol–water partition coefficient (Wildman–Crippen LogP) is 3.82. The number of allylic oxidation sites excluding steroid dienone is 1. The van der Waals surface area contributed by atoms with Crippen LogP contribution in [0.1, 0.15) is 16.8 Å². The van der Waals surface area contributed by atoms with Gasteiger partial charge in [-0.15, -0.1) is 19.0 Å². The average molecular weight is 246 g/mol. The normalized spacial score (nSPS) is 9.41. The molecular formula is C15H16ClN. The van der Waals surface area contributed by atoms with Crippen LogP contribution in [-0.2, 0) is 12.8 Å². The molecule has 0 saturated heterocycles. The van der Waals surface area contributed by atoms with E-state index in [1.165, 1.54) is 11.1 Å². The molecule has 88 valence electrons. The minimum absolute atomic E-state index is 0. The Morgan fingerprint density at radius 1 is 1.06 bits per heavy atom. The lowest BCUT2D eigenvalue weighted by Gasteiger charge is -2.06. The van der Waals surface area contributed by atoms with Gasteiger partial charge in [0.15, 0.2) is 0 Å². The van der Waals surface area contributed by atoms with Crippen molar-refractivity contribution in [2.24, 2.45) is 0 Å². The Labute approximate surface area is 109 Å². The molecule has 17 heavy (non-hydrogen) atoms. The lowest BCUT2D eigenvalue weighted by molar-refractivity contribution is 1.02. The van der Waals surface area contributed by atoms with Gasteiger partial charge in [-0.25, -0.2) is 0 Å². The molecule has 0 amide bonds. The fraction of sp³-hybridized carbons (Fsp3) is 0.133. The van der Waals surface area contributed by atoms with Crippen molar-refractivity contribution in [2.75, 3.05) is 0 Å². The van der Waals surface area contributed by atoms with Crippen LogP contribution in [-0.4, -0.2) is 4.98 Å². The molecule has 1 heterocycles. The van der Waals surface area contributed by atoms with Gasteiger partial charge in [0, 0.05) is 18.3 Å². The summed E-state index contributed by atoms with van der Waals surface area (Å²) >= 11 is 0. The van der Waals surface area contributed by atoms with E-state index in [9.17, 15) is 0 Å². The van der Waals surface area contributed by atoms with Crippen molar-refractivity contribution >= 4 is 12.4 Å². The Kier molecular flexibility index (Phi) is 5.44. The highest BCUT2D eigenvalue weighted by atomic mass is 35.5. The van der Waals surface area contributed by atoms with Crippen LogP contribution < -0.4 is 0 Å². The molecule has 0 N–H and O–H groups in total. The van der Waals surface area contributed by atoms with Crippen molar-refractivity contribution in [3.05, 3.63) is 78.1 Å². The summed E-state index contributed by atoms with van der Waals surface area (Å²) in [5, 5.41) is 0. The summed E-state index contributed by atoms with van der Waals surface area (Å²) in [6.45, 7) is 3.78. The van der Waals surface area contributed by atoms with Gasteiger partial charge in [-0.2, -0.15) is 0 Å². The Hall–Kier alpha value is -1.60. The summed E-state index contributed by atoms with van der Waals surface area (Å²) in [5.41, 5.74) is 3.71. The molecule has 0 bridgehead atoms. The van der Waals surface area contributed by atoms with Gasteiger partial charge in [0.1, 0.15) is 0 Å². The number of halogens is 1. The summed E-state index contributed by atoms with van der Waals surface area (Å²) in [6.07, 6.45) is 5.55. The molecule has 0 radical (unpaired) electrons. The zero-order chi connectivity index (χ0) is 11.2. The van der Waals surface area contributed by atoms with Gasteiger partial charge >= 0.3 is 0 Å². The second kappa shape index (κ2) is 6.87. The van der Waals surface area contributed by atoms with E-state index in [1.54, 1.807) is 0 Å². The molecule has 0 atom stereocenters. The maximum Gasteiger partial charge on any atom is 0.0482 e. The van der Waals surface area contributed by atoms with Gasteiger partial charge in [0.2, 0.25) is 0 Å². The monoisotopic (exact) mass is 245 g/mol. The first-order chi connectivity index (χ1) is 7.90. The quantitative estimate of drug-likeness (QED) is 0.747. The Balaban J connectivity index is 0.00000144. The molecule has 1 aromatic heterocycles. The van der Waals surface area contributed by atoms with Gasteiger partial charge in [-0.05, 0) is 23.6 Å². The highest BCUT2D eigenvalue weighted by molar-refractivity contribution is 5.85. The fourth-order valence-electron chi connectivity index (χ4n) is 1.76. The van der Waals surface area contributed by atoms with E-state index >= 15 is 0 Å². The molecule has 2 heteroatoms. The predicted molar refractivity (Wildman–Crippen MR) is 74.6 cm³/mol. The van der Waals surface area contributed by atoms with Gasteiger partial charge in [-0.3, -0.25) is 4.98 Å². The summed E-state index contributed by atoms with van der Waals surface area (Å²) in [4.78, 5) is 4.44. The third-order valence-electron chi connectivity index (χ3n) is 2.56. The number of hydrogen-bond acceptors (Lipinski definition) is 1. The van der Waals surface area contributed by atoms with Crippen LogP contribution in [0.15, 0.2) is 61.3 Å². The zero-order valence-electron chi connectivity index (χ0n) is 9.67. The van der Waals surface area contributed by atoms with Crippen LogP contribution >= 0.6 is 12.4 Å². The molecule has 0 unspecified atom stereocenters. The number of hydrogen-bond donors (Lipinski definition) is 0. The van der Waals surface area contributed by atoms with E-state index in [0.717, 1.165) is 18.5 Å². The van der Waals surface area contributed by atoms with Gasteiger partial charge in [0.05, 0.1) is 0 Å². The van der Waals surface area contributed by atoms with Crippen LogP contribution in [0.2, 0.25) is 0 Å². The molecule has 0 aliphatic carbocycles. The van der Waals surface area contributed by atoms with E-state index in [1.807, 2.05) is 24.4 Å². The topological polar surface area (TPSA) is 12.9 Å². The maximum atomic E-state index is 4.44. The highest BCUT2D eigenvalue weighted by Gasteiger charge is 2.02. The van der Waals surface area contributed by atoms with Crippen molar-refractivity contribution in [1.29, 1.82) is 0 Å². The first-order valence-corrected chi connectivity index (χ1v) is 5.47. The van der Waals surface area contributed by atoms with Crippen LogP contribution in [0.3, 0.4) is 0 Å². The molecule has 0 aliphatic heterocycles. The Morgan fingerprint density at radius 3 is 2.53 bits per heavy atom. The summed E-state index contributed by atoms with van der Waals surface area (Å²) < 4.78 is 0. The first-order valence-electron chi connectivity index (χ1n) is 5.47. The van der Waals surface area contributed by atoms with Crippen molar-refractivity contribution in [3.63, 3.8) is 0 Å². The average Bonchev–Trinajstić information content (AvgIpc) is 2.33. The molecule has 1 nitrogen and oxygen atoms in total. The fourth-order valence-corrected chi connectivity index (χ4v) is 1.76. The Morgan fingerprint density at radius 2 is 1.82 bits per heavy atom. The van der Waals surface area contributed by atoms with Gasteiger partial charge < -0.3 is 0 Å². The third-order valence-corrected chi connectivity index (χ3v) is 2.56. The van der Waals surface area contributed by atoms with E-state index in [4.69, 9.17) is 0 Å². The van der Waals surface area contributed by atoms with E-state index in [2.05, 4.69) is 41.9 Å². The lowest BCUT2D eigenvalue weighted by Crippen LogP contribution is -1.97. The van der Waals surface area contributed by atoms with E-state index < -0.39 is 0 Å². The second-order valence-corrected chi connectivity index (χ2v) is 3.76. The Bertz CT molecular complexity index is 465. The number of benzene rings is 1. The van der Waals surface area contributed by atoms with Crippen molar-refractivity contribution in [2.45, 2.75) is 12.8 Å². The van der Waals surface area contributed by atoms with Crippen molar-refractivity contribution in [1.82, 2.24) is 4.98 Å². The second-order valence-electron chi connectivity index (χ2n) is 3.76. The molecule has 2 aromatic rings. The third kappa shape index (κ3) is 3.72. The van der Waals surface area contributed by atoms with Gasteiger partial charge in [0.25, 0.3) is 0 Å². The molecule has 0 spiro atoms. The first kappa shape index (κ1) is 13.5. The largest absolute Gasteiger partial charge is 0.261 e. The summed E-state index contributed by atoms with van der Waals surface area (Å²) in [6, 6.07) is 14.5. The molecule has 0 aliphatic rings. The van der Waals surface area contributed by atoms with E-state index in [-0.39, 0.29) is 12.4 Å². The SMILES string of the molecule is C=CCc1cccnc1Cc1ccccc1.Cl. The molecule has 0 fully saturated rings. The number of rotatable bonds is 4. The molecular weight excluding hydrogens is 230 g/mol. The smallest absolute Gasteiger partial charge is 0.0482 e. The van der Waals surface area contributed by atoms with E-state index in [0.29, 0.717) is 0 Å². The van der Waals surface area contributed by atoms with Crippen LogP contribution in [0.5, 0.6) is 0 Å². The minimum atomic E-state index is 0. The molecule has 0 saturated carbocycles. The minimum Gasteiger partial charge on any atom is -0.261 e.